The van der Waals surface area contributed by atoms with Crippen molar-refractivity contribution in [2.24, 2.45) is 11.8 Å². The molecule has 1 aliphatic carbocycles. The number of hydrogen-bond acceptors (Lipinski definition) is 3. The summed E-state index contributed by atoms with van der Waals surface area (Å²) in [5.41, 5.74) is 1.11. The van der Waals surface area contributed by atoms with Crippen LogP contribution in [0.2, 0.25) is 0 Å². The second-order valence-electron chi connectivity index (χ2n) is 6.40. The molecule has 0 radical (unpaired) electrons. The predicted molar refractivity (Wildman–Crippen MR) is 85.7 cm³/mol. The summed E-state index contributed by atoms with van der Waals surface area (Å²) in [4.78, 5) is 8.79. The van der Waals surface area contributed by atoms with Crippen molar-refractivity contribution in [1.29, 1.82) is 0 Å². The van der Waals surface area contributed by atoms with Gasteiger partial charge in [0.1, 0.15) is 11.6 Å². The van der Waals surface area contributed by atoms with Crippen LogP contribution in [-0.2, 0) is 0 Å². The van der Waals surface area contributed by atoms with Crippen LogP contribution in [0.1, 0.15) is 38.9 Å². The maximum Gasteiger partial charge on any atom is 0.138 e. The van der Waals surface area contributed by atoms with Gasteiger partial charge < -0.3 is 5.32 Å². The number of hydrogen-bond donors (Lipinski definition) is 1. The lowest BCUT2D eigenvalue weighted by Crippen LogP contribution is -2.33. The minimum absolute atomic E-state index is 0.566. The normalized spacial score (nSPS) is 25.8. The molecule has 0 bridgehead atoms. The second kappa shape index (κ2) is 5.88. The minimum atomic E-state index is 0.566. The molecule has 4 heteroatoms. The molecule has 2 aromatic rings. The Kier molecular flexibility index (Phi) is 3.95. The molecule has 2 aromatic heterocycles. The molecule has 1 fully saturated rings. The number of nitrogens with one attached hydrogen (secondary N) is 1. The van der Waals surface area contributed by atoms with E-state index in [1.54, 1.807) is 6.20 Å². The fourth-order valence-electron chi connectivity index (χ4n) is 3.18. The summed E-state index contributed by atoms with van der Waals surface area (Å²) in [5, 5.41) is 3.66. The van der Waals surface area contributed by atoms with Crippen LogP contribution in [0.25, 0.3) is 5.82 Å². The smallest absolute Gasteiger partial charge is 0.138 e. The quantitative estimate of drug-likeness (QED) is 0.932. The first kappa shape index (κ1) is 14.1. The van der Waals surface area contributed by atoms with E-state index in [2.05, 4.69) is 35.2 Å². The highest BCUT2D eigenvalue weighted by Crippen LogP contribution is 2.30. The van der Waals surface area contributed by atoms with Gasteiger partial charge in [-0.1, -0.05) is 20.3 Å². The van der Waals surface area contributed by atoms with Gasteiger partial charge in [0.25, 0.3) is 0 Å². The molecule has 3 unspecified atom stereocenters. The Morgan fingerprint density at radius 1 is 1.19 bits per heavy atom. The van der Waals surface area contributed by atoms with Crippen LogP contribution < -0.4 is 5.32 Å². The molecule has 2 heterocycles. The summed E-state index contributed by atoms with van der Waals surface area (Å²) >= 11 is 0. The van der Waals surface area contributed by atoms with Crippen molar-refractivity contribution in [3.05, 3.63) is 36.5 Å². The zero-order chi connectivity index (χ0) is 14.8. The van der Waals surface area contributed by atoms with Crippen molar-refractivity contribution in [1.82, 2.24) is 14.5 Å². The molecule has 3 atom stereocenters. The Bertz CT molecular complexity index is 587. The Morgan fingerprint density at radius 2 is 2.05 bits per heavy atom. The number of anilines is 1. The number of imidazole rings is 1. The summed E-state index contributed by atoms with van der Waals surface area (Å²) in [5.74, 6) is 3.43. The molecule has 1 aliphatic rings. The summed E-state index contributed by atoms with van der Waals surface area (Å²) in [6.07, 6.45) is 9.60. The molecule has 0 spiro atoms. The third kappa shape index (κ3) is 3.09. The van der Waals surface area contributed by atoms with E-state index < -0.39 is 0 Å². The van der Waals surface area contributed by atoms with Crippen molar-refractivity contribution >= 4 is 5.69 Å². The molecule has 0 aliphatic heterocycles. The molecular formula is C17H24N4. The molecular weight excluding hydrogens is 260 g/mol. The van der Waals surface area contributed by atoms with E-state index in [0.717, 1.165) is 29.2 Å². The fourth-order valence-corrected chi connectivity index (χ4v) is 3.18. The van der Waals surface area contributed by atoms with Crippen molar-refractivity contribution in [3.63, 3.8) is 0 Å². The van der Waals surface area contributed by atoms with E-state index in [1.165, 1.54) is 19.3 Å². The molecule has 1 N–H and O–H groups in total. The van der Waals surface area contributed by atoms with Gasteiger partial charge in [0.2, 0.25) is 0 Å². The van der Waals surface area contributed by atoms with E-state index in [-0.39, 0.29) is 0 Å². The van der Waals surface area contributed by atoms with E-state index in [9.17, 15) is 0 Å². The first-order valence-electron chi connectivity index (χ1n) is 7.86. The van der Waals surface area contributed by atoms with Crippen molar-refractivity contribution in [2.45, 2.75) is 46.1 Å². The van der Waals surface area contributed by atoms with Crippen LogP contribution in [-0.4, -0.2) is 20.6 Å². The zero-order valence-corrected chi connectivity index (χ0v) is 13.1. The number of nitrogens with zero attached hydrogens (tertiary/aromatic N) is 3. The molecule has 0 amide bonds. The monoisotopic (exact) mass is 284 g/mol. The average molecular weight is 284 g/mol. The fraction of sp³-hybridized carbons (Fsp3) is 0.529. The maximum absolute atomic E-state index is 4.55. The molecule has 1 saturated carbocycles. The lowest BCUT2D eigenvalue weighted by atomic mass is 9.80. The van der Waals surface area contributed by atoms with Crippen molar-refractivity contribution in [2.75, 3.05) is 5.32 Å². The predicted octanol–water partition coefficient (Wildman–Crippen LogP) is 3.81. The van der Waals surface area contributed by atoms with Gasteiger partial charge in [0, 0.05) is 18.4 Å². The number of aromatic nitrogens is 3. The van der Waals surface area contributed by atoms with Gasteiger partial charge in [-0.15, -0.1) is 0 Å². The Balaban J connectivity index is 1.71. The van der Waals surface area contributed by atoms with Gasteiger partial charge in [0.15, 0.2) is 0 Å². The molecule has 3 rings (SSSR count). The van der Waals surface area contributed by atoms with Gasteiger partial charge in [0.05, 0.1) is 11.9 Å². The maximum atomic E-state index is 4.55. The lowest BCUT2D eigenvalue weighted by molar-refractivity contribution is 0.280. The third-order valence-corrected chi connectivity index (χ3v) is 4.63. The van der Waals surface area contributed by atoms with Crippen LogP contribution in [0, 0.1) is 18.8 Å². The highest BCUT2D eigenvalue weighted by atomic mass is 15.1. The number of pyridine rings is 1. The first-order chi connectivity index (χ1) is 10.1. The Hall–Kier alpha value is -1.84. The van der Waals surface area contributed by atoms with Gasteiger partial charge in [-0.2, -0.15) is 0 Å². The van der Waals surface area contributed by atoms with Crippen LogP contribution in [0.4, 0.5) is 5.69 Å². The summed E-state index contributed by atoms with van der Waals surface area (Å²) in [7, 11) is 0. The second-order valence-corrected chi connectivity index (χ2v) is 6.40. The van der Waals surface area contributed by atoms with Gasteiger partial charge >= 0.3 is 0 Å². The zero-order valence-electron chi connectivity index (χ0n) is 13.1. The average Bonchev–Trinajstić information content (AvgIpc) is 2.90. The molecule has 0 saturated heterocycles. The topological polar surface area (TPSA) is 42.7 Å². The van der Waals surface area contributed by atoms with Crippen LogP contribution in [0.3, 0.4) is 0 Å². The molecule has 21 heavy (non-hydrogen) atoms. The Morgan fingerprint density at radius 3 is 2.71 bits per heavy atom. The standard InChI is InChI=1S/C17H24N4/c1-12-4-5-13(2)16(10-12)20-15-6-7-17(19-11-15)21-9-8-18-14(21)3/h6-9,11-13,16,20H,4-5,10H2,1-3H3. The summed E-state index contributed by atoms with van der Waals surface area (Å²) in [6.45, 7) is 6.68. The van der Waals surface area contributed by atoms with Crippen molar-refractivity contribution < 1.29 is 0 Å². The summed E-state index contributed by atoms with van der Waals surface area (Å²) < 4.78 is 2.00. The molecule has 4 nitrogen and oxygen atoms in total. The van der Waals surface area contributed by atoms with E-state index >= 15 is 0 Å². The van der Waals surface area contributed by atoms with Crippen LogP contribution in [0.15, 0.2) is 30.7 Å². The minimum Gasteiger partial charge on any atom is -0.381 e. The van der Waals surface area contributed by atoms with E-state index in [0.29, 0.717) is 6.04 Å². The molecule has 0 aromatic carbocycles. The number of aryl methyl sites for hydroxylation is 1. The van der Waals surface area contributed by atoms with Gasteiger partial charge in [-0.25, -0.2) is 9.97 Å². The SMILES string of the molecule is Cc1nccn1-c1ccc(NC2CC(C)CCC2C)cn1. The van der Waals surface area contributed by atoms with Gasteiger partial charge in [-0.3, -0.25) is 4.57 Å². The van der Waals surface area contributed by atoms with Crippen LogP contribution >= 0.6 is 0 Å². The Labute approximate surface area is 126 Å². The first-order valence-corrected chi connectivity index (χ1v) is 7.86. The summed E-state index contributed by atoms with van der Waals surface area (Å²) in [6, 6.07) is 4.73. The largest absolute Gasteiger partial charge is 0.381 e. The number of rotatable bonds is 3. The van der Waals surface area contributed by atoms with Crippen LogP contribution in [0.5, 0.6) is 0 Å². The van der Waals surface area contributed by atoms with Crippen molar-refractivity contribution in [3.8, 4) is 5.82 Å². The third-order valence-electron chi connectivity index (χ3n) is 4.63. The molecule has 112 valence electrons. The highest BCUT2D eigenvalue weighted by Gasteiger charge is 2.25. The van der Waals surface area contributed by atoms with E-state index in [1.807, 2.05) is 30.0 Å². The lowest BCUT2D eigenvalue weighted by Gasteiger charge is -2.33. The van der Waals surface area contributed by atoms with Gasteiger partial charge in [-0.05, 0) is 43.7 Å². The highest BCUT2D eigenvalue weighted by molar-refractivity contribution is 5.45. The van der Waals surface area contributed by atoms with E-state index in [4.69, 9.17) is 0 Å².